The number of amides is 2. The number of nitrogens with one attached hydrogen (secondary N) is 4. The zero-order valence-corrected chi connectivity index (χ0v) is 30.5. The smallest absolute Gasteiger partial charge is 0.315 e. The van der Waals surface area contributed by atoms with E-state index in [4.69, 9.17) is 5.11 Å². The number of unbranched alkanes of at least 4 members (excludes halogenated alkanes) is 15. The largest absolute Gasteiger partial charge is 0.507 e. The molecule has 0 saturated heterocycles. The van der Waals surface area contributed by atoms with E-state index in [1.807, 2.05) is 6.07 Å². The van der Waals surface area contributed by atoms with Crippen LogP contribution in [0.2, 0.25) is 0 Å². The van der Waals surface area contributed by atoms with Crippen LogP contribution < -0.4 is 21.3 Å². The number of benzene rings is 1. The third-order valence-electron chi connectivity index (χ3n) is 8.69. The summed E-state index contributed by atoms with van der Waals surface area (Å²) in [5, 5.41) is 31.8. The summed E-state index contributed by atoms with van der Waals surface area (Å²) in [6.07, 6.45) is 21.3. The van der Waals surface area contributed by atoms with Gasteiger partial charge in [0.2, 0.25) is 11.8 Å². The van der Waals surface area contributed by atoms with Crippen LogP contribution >= 0.6 is 0 Å². The maximum Gasteiger partial charge on any atom is 0.315 e. The Balaban J connectivity index is 2.47. The Morgan fingerprint density at radius 2 is 1.10 bits per heavy atom. The second-order valence-electron chi connectivity index (χ2n) is 12.9. The van der Waals surface area contributed by atoms with Gasteiger partial charge in [-0.3, -0.25) is 19.2 Å². The summed E-state index contributed by atoms with van der Waals surface area (Å²) in [6.45, 7) is 3.99. The zero-order valence-electron chi connectivity index (χ0n) is 30.5. The molecule has 0 heterocycles. The molecule has 0 aliphatic rings. The van der Waals surface area contributed by atoms with Gasteiger partial charge < -0.3 is 36.2 Å². The van der Waals surface area contributed by atoms with Crippen molar-refractivity contribution in [1.82, 2.24) is 21.3 Å². The fraction of sp³-hybridized carbons (Fsp3) is 0.737. The molecule has 0 saturated carbocycles. The molecule has 0 aliphatic carbocycles. The van der Waals surface area contributed by atoms with Gasteiger partial charge >= 0.3 is 5.97 Å². The molecule has 6 N–H and O–H groups in total. The predicted octanol–water partition coefficient (Wildman–Crippen LogP) is 5.12. The number of phenolic OH excluding ortho intramolecular Hbond substituents is 1. The van der Waals surface area contributed by atoms with Gasteiger partial charge in [0.15, 0.2) is 5.78 Å². The molecule has 1 rings (SSSR count). The highest BCUT2D eigenvalue weighted by Gasteiger charge is 2.14. The van der Waals surface area contributed by atoms with E-state index < -0.39 is 30.2 Å². The minimum atomic E-state index is -0.651. The molecule has 49 heavy (non-hydrogen) atoms. The van der Waals surface area contributed by atoms with Crippen LogP contribution in [-0.4, -0.2) is 73.7 Å². The first-order valence-corrected chi connectivity index (χ1v) is 18.8. The summed E-state index contributed by atoms with van der Waals surface area (Å²) >= 11 is 0. The van der Waals surface area contributed by atoms with Crippen molar-refractivity contribution in [3.8, 4) is 5.75 Å². The van der Waals surface area contributed by atoms with Crippen molar-refractivity contribution in [2.45, 2.75) is 142 Å². The molecule has 1 aromatic rings. The van der Waals surface area contributed by atoms with Gasteiger partial charge in [-0.05, 0) is 18.4 Å². The zero-order chi connectivity index (χ0) is 36.0. The summed E-state index contributed by atoms with van der Waals surface area (Å²) in [5.74, 6) is -1.72. The molecule has 0 fully saturated rings. The Hall–Kier alpha value is -3.02. The Kier molecular flexibility index (Phi) is 26.8. The normalized spacial score (nSPS) is 11.0. The highest BCUT2D eigenvalue weighted by atomic mass is 16.5. The van der Waals surface area contributed by atoms with Crippen LogP contribution in [-0.2, 0) is 43.4 Å². The number of rotatable bonds is 32. The Morgan fingerprint density at radius 3 is 1.61 bits per heavy atom. The number of hydrogen-bond donors (Lipinski definition) is 6. The highest BCUT2D eigenvalue weighted by molar-refractivity contribution is 5.98. The van der Waals surface area contributed by atoms with Crippen LogP contribution in [0.15, 0.2) is 12.1 Å². The molecular weight excluding hydrogens is 624 g/mol. The van der Waals surface area contributed by atoms with Gasteiger partial charge in [0.1, 0.15) is 18.8 Å². The highest BCUT2D eigenvalue weighted by Crippen LogP contribution is 2.28. The third-order valence-corrected chi connectivity index (χ3v) is 8.69. The molecule has 0 bridgehead atoms. The van der Waals surface area contributed by atoms with Crippen LogP contribution in [0, 0.1) is 0 Å². The second-order valence-corrected chi connectivity index (χ2v) is 12.9. The number of carbonyl (C=O) groups is 4. The molecule has 11 nitrogen and oxygen atoms in total. The second kappa shape index (κ2) is 29.9. The lowest BCUT2D eigenvalue weighted by Gasteiger charge is -2.17. The molecule has 11 heteroatoms. The van der Waals surface area contributed by atoms with Crippen molar-refractivity contribution >= 4 is 23.6 Å². The van der Waals surface area contributed by atoms with Gasteiger partial charge in [-0.1, -0.05) is 115 Å². The van der Waals surface area contributed by atoms with Crippen molar-refractivity contribution in [1.29, 1.82) is 0 Å². The Bertz CT molecular complexity index is 1070. The summed E-state index contributed by atoms with van der Waals surface area (Å²) < 4.78 is 4.52. The lowest BCUT2D eigenvalue weighted by Crippen LogP contribution is -2.33. The van der Waals surface area contributed by atoms with Crippen molar-refractivity contribution in [3.05, 3.63) is 28.8 Å². The van der Waals surface area contributed by atoms with E-state index in [-0.39, 0.29) is 18.6 Å². The van der Waals surface area contributed by atoms with E-state index >= 15 is 0 Å². The minimum Gasteiger partial charge on any atom is -0.507 e. The van der Waals surface area contributed by atoms with Crippen molar-refractivity contribution in [2.75, 3.05) is 39.9 Å². The molecule has 0 aliphatic heterocycles. The van der Waals surface area contributed by atoms with Gasteiger partial charge in [-0.2, -0.15) is 0 Å². The number of aliphatic hydroxyl groups is 1. The van der Waals surface area contributed by atoms with Gasteiger partial charge in [0, 0.05) is 50.4 Å². The number of aromatic hydroxyl groups is 1. The summed E-state index contributed by atoms with van der Waals surface area (Å²) in [4.78, 5) is 46.0. The molecule has 2 amide bonds. The summed E-state index contributed by atoms with van der Waals surface area (Å²) in [7, 11) is 1.24. The van der Waals surface area contributed by atoms with Crippen molar-refractivity contribution in [3.63, 3.8) is 0 Å². The number of carbonyl (C=O) groups excluding carboxylic acids is 4. The molecule has 280 valence electrons. The van der Waals surface area contributed by atoms with Crippen LogP contribution in [0.25, 0.3) is 0 Å². The van der Waals surface area contributed by atoms with Gasteiger partial charge in [0.25, 0.3) is 0 Å². The van der Waals surface area contributed by atoms with E-state index in [1.165, 1.54) is 97.0 Å². The number of Topliss-reactive ketones (excluding diaryl/α,β-unsaturated/α-hetero) is 1. The lowest BCUT2D eigenvalue weighted by atomic mass is 9.96. The van der Waals surface area contributed by atoms with E-state index in [1.54, 1.807) is 0 Å². The van der Waals surface area contributed by atoms with Crippen molar-refractivity contribution < 1.29 is 34.1 Å². The average molecular weight is 691 g/mol. The minimum absolute atomic E-state index is 0.223. The molecule has 0 atom stereocenters. The number of ketones is 1. The standard InChI is InChI=1S/C38H66N4O7/c1-3-4-5-6-7-8-9-10-11-12-13-14-15-16-17-18-19-31-20-21-32(28-39-22-24-41-35(45)26-33(44)30-43)38(48)34(31)29-40-23-25-42-36(46)27-37(47)49-2/h20-21,39-40,43,48H,3-19,22-30H2,1-2H3,(H,41,45)(H,42,46). The monoisotopic (exact) mass is 690 g/mol. The number of aryl methyl sites for hydroxylation is 1. The van der Waals surface area contributed by atoms with Gasteiger partial charge in [0.05, 0.1) is 13.5 Å². The van der Waals surface area contributed by atoms with Crippen molar-refractivity contribution in [2.24, 2.45) is 0 Å². The molecule has 1 aromatic carbocycles. The average Bonchev–Trinajstić information content (AvgIpc) is 3.09. The van der Waals surface area contributed by atoms with Crippen LogP contribution in [0.3, 0.4) is 0 Å². The first-order valence-electron chi connectivity index (χ1n) is 18.8. The first kappa shape index (κ1) is 44.0. The summed E-state index contributed by atoms with van der Waals surface area (Å²) in [6, 6.07) is 4.00. The quantitative estimate of drug-likeness (QED) is 0.0342. The fourth-order valence-corrected chi connectivity index (χ4v) is 5.74. The molecule has 0 aromatic heterocycles. The molecule has 0 spiro atoms. The molecule has 0 unspecified atom stereocenters. The maximum absolute atomic E-state index is 11.8. The van der Waals surface area contributed by atoms with Crippen LogP contribution in [0.1, 0.15) is 139 Å². The number of phenols is 1. The number of esters is 1. The first-order chi connectivity index (χ1) is 23.8. The van der Waals surface area contributed by atoms with E-state index in [2.05, 4.69) is 39.0 Å². The molecule has 0 radical (unpaired) electrons. The van der Waals surface area contributed by atoms with Gasteiger partial charge in [-0.25, -0.2) is 0 Å². The Labute approximate surface area is 295 Å². The van der Waals surface area contributed by atoms with E-state index in [0.29, 0.717) is 39.3 Å². The van der Waals surface area contributed by atoms with E-state index in [9.17, 15) is 24.3 Å². The fourth-order valence-electron chi connectivity index (χ4n) is 5.74. The number of methoxy groups -OCH3 is 1. The number of ether oxygens (including phenoxy) is 1. The topological polar surface area (TPSA) is 166 Å². The summed E-state index contributed by atoms with van der Waals surface area (Å²) in [5.41, 5.74) is 2.66. The SMILES string of the molecule is CCCCCCCCCCCCCCCCCCc1ccc(CNCCNC(=O)CC(=O)CO)c(O)c1CNCCNC(=O)CC(=O)OC. The van der Waals surface area contributed by atoms with Crippen LogP contribution in [0.4, 0.5) is 0 Å². The Morgan fingerprint density at radius 1 is 0.633 bits per heavy atom. The lowest BCUT2D eigenvalue weighted by molar-refractivity contribution is -0.143. The number of hydrogen-bond acceptors (Lipinski definition) is 9. The number of aliphatic hydroxyl groups excluding tert-OH is 1. The predicted molar refractivity (Wildman–Crippen MR) is 194 cm³/mol. The maximum atomic E-state index is 11.8. The van der Waals surface area contributed by atoms with E-state index in [0.717, 1.165) is 36.0 Å². The van der Waals surface area contributed by atoms with Gasteiger partial charge in [-0.15, -0.1) is 0 Å². The molecular formula is C38H66N4O7. The van der Waals surface area contributed by atoms with Crippen LogP contribution in [0.5, 0.6) is 5.75 Å². The third kappa shape index (κ3) is 23.1.